The van der Waals surface area contributed by atoms with Crippen LogP contribution in [0, 0.1) is 0 Å². The molecule has 1 saturated heterocycles. The molecule has 0 bridgehead atoms. The normalized spacial score (nSPS) is 16.3. The van der Waals surface area contributed by atoms with E-state index in [2.05, 4.69) is 5.32 Å². The van der Waals surface area contributed by atoms with Gasteiger partial charge in [-0.1, -0.05) is 23.2 Å². The summed E-state index contributed by atoms with van der Waals surface area (Å²) in [4.78, 5) is 12.0. The second-order valence-electron chi connectivity index (χ2n) is 5.88. The van der Waals surface area contributed by atoms with Crippen LogP contribution >= 0.6 is 23.2 Å². The molecule has 3 rings (SSSR count). The topological polar surface area (TPSA) is 56.8 Å². The van der Waals surface area contributed by atoms with Gasteiger partial charge in [-0.15, -0.1) is 0 Å². The number of ether oxygens (including phenoxy) is 3. The van der Waals surface area contributed by atoms with E-state index >= 15 is 0 Å². The van der Waals surface area contributed by atoms with E-state index in [1.165, 1.54) is 0 Å². The molecule has 0 spiro atoms. The van der Waals surface area contributed by atoms with Gasteiger partial charge in [0.2, 0.25) is 0 Å². The van der Waals surface area contributed by atoms with Crippen molar-refractivity contribution in [1.82, 2.24) is 0 Å². The first-order valence-corrected chi connectivity index (χ1v) is 9.08. The minimum Gasteiger partial charge on any atom is -0.491 e. The van der Waals surface area contributed by atoms with Crippen LogP contribution in [-0.4, -0.2) is 31.8 Å². The zero-order valence-electron chi connectivity index (χ0n) is 14.0. The molecule has 1 fully saturated rings. The van der Waals surface area contributed by atoms with Crippen molar-refractivity contribution in [2.75, 3.05) is 25.1 Å². The van der Waals surface area contributed by atoms with E-state index in [1.807, 2.05) is 0 Å². The number of anilines is 1. The van der Waals surface area contributed by atoms with E-state index in [9.17, 15) is 4.79 Å². The molecule has 1 heterocycles. The molecule has 1 unspecified atom stereocenters. The first-order valence-electron chi connectivity index (χ1n) is 8.32. The van der Waals surface area contributed by atoms with Gasteiger partial charge in [0.05, 0.1) is 11.1 Å². The molecule has 2 aromatic carbocycles. The van der Waals surface area contributed by atoms with Crippen molar-refractivity contribution in [3.63, 3.8) is 0 Å². The molecule has 2 aromatic rings. The van der Waals surface area contributed by atoms with E-state index < -0.39 is 0 Å². The Balaban J connectivity index is 1.45. The van der Waals surface area contributed by atoms with Crippen LogP contribution in [0.5, 0.6) is 11.5 Å². The number of hydrogen-bond donors (Lipinski definition) is 1. The average molecular weight is 396 g/mol. The van der Waals surface area contributed by atoms with Crippen molar-refractivity contribution in [2.45, 2.75) is 18.9 Å². The summed E-state index contributed by atoms with van der Waals surface area (Å²) in [6, 6.07) is 12.0. The number of nitrogens with one attached hydrogen (secondary N) is 1. The third-order valence-corrected chi connectivity index (χ3v) is 4.40. The molecule has 0 aromatic heterocycles. The van der Waals surface area contributed by atoms with E-state index in [0.29, 0.717) is 28.1 Å². The molecule has 26 heavy (non-hydrogen) atoms. The summed E-state index contributed by atoms with van der Waals surface area (Å²) in [5.41, 5.74) is 0.653. The molecule has 0 radical (unpaired) electrons. The van der Waals surface area contributed by atoms with Crippen LogP contribution in [0.15, 0.2) is 42.5 Å². The quantitative estimate of drug-likeness (QED) is 0.745. The fraction of sp³-hybridized carbons (Fsp3) is 0.316. The van der Waals surface area contributed by atoms with E-state index in [1.54, 1.807) is 42.5 Å². The van der Waals surface area contributed by atoms with Crippen molar-refractivity contribution in [3.8, 4) is 11.5 Å². The van der Waals surface area contributed by atoms with Crippen LogP contribution < -0.4 is 14.8 Å². The highest BCUT2D eigenvalue weighted by molar-refractivity contribution is 6.34. The maximum Gasteiger partial charge on any atom is 0.262 e. The van der Waals surface area contributed by atoms with Gasteiger partial charge >= 0.3 is 0 Å². The molecule has 1 amide bonds. The minimum absolute atomic E-state index is 0.169. The SMILES string of the molecule is O=C(COc1cc(Cl)ccc1Cl)Nc1ccc(OCC2CCCO2)cc1. The van der Waals surface area contributed by atoms with Crippen LogP contribution in [0.4, 0.5) is 5.69 Å². The molecular weight excluding hydrogens is 377 g/mol. The predicted molar refractivity (Wildman–Crippen MR) is 101 cm³/mol. The monoisotopic (exact) mass is 395 g/mol. The van der Waals surface area contributed by atoms with E-state index in [4.69, 9.17) is 37.4 Å². The Morgan fingerprint density at radius 1 is 1.15 bits per heavy atom. The van der Waals surface area contributed by atoms with Crippen molar-refractivity contribution in [3.05, 3.63) is 52.5 Å². The van der Waals surface area contributed by atoms with Crippen LogP contribution in [-0.2, 0) is 9.53 Å². The van der Waals surface area contributed by atoms with Gasteiger partial charge in [-0.2, -0.15) is 0 Å². The Morgan fingerprint density at radius 2 is 1.96 bits per heavy atom. The zero-order chi connectivity index (χ0) is 18.4. The van der Waals surface area contributed by atoms with E-state index in [0.717, 1.165) is 25.2 Å². The van der Waals surface area contributed by atoms with Gasteiger partial charge in [0.1, 0.15) is 18.1 Å². The zero-order valence-corrected chi connectivity index (χ0v) is 15.6. The third kappa shape index (κ3) is 5.53. The second-order valence-corrected chi connectivity index (χ2v) is 6.73. The standard InChI is InChI=1S/C19H19Cl2NO4/c20-13-3-8-17(21)18(10-13)26-12-19(23)22-14-4-6-15(7-5-14)25-11-16-2-1-9-24-16/h3-8,10,16H,1-2,9,11-12H2,(H,22,23). The van der Waals surface area contributed by atoms with Gasteiger partial charge in [-0.3, -0.25) is 4.79 Å². The summed E-state index contributed by atoms with van der Waals surface area (Å²) < 4.78 is 16.6. The largest absolute Gasteiger partial charge is 0.491 e. The molecule has 1 aliphatic rings. The lowest BCUT2D eigenvalue weighted by molar-refractivity contribution is -0.118. The number of hydrogen-bond acceptors (Lipinski definition) is 4. The summed E-state index contributed by atoms with van der Waals surface area (Å²) in [7, 11) is 0. The van der Waals surface area contributed by atoms with Crippen LogP contribution in [0.3, 0.4) is 0 Å². The van der Waals surface area contributed by atoms with Crippen molar-refractivity contribution in [2.24, 2.45) is 0 Å². The maximum atomic E-state index is 12.0. The van der Waals surface area contributed by atoms with Crippen molar-refractivity contribution >= 4 is 34.8 Å². The minimum atomic E-state index is -0.297. The Bertz CT molecular complexity index is 746. The summed E-state index contributed by atoms with van der Waals surface area (Å²) in [5, 5.41) is 3.64. The molecule has 7 heteroatoms. The second kappa shape index (κ2) is 9.12. The van der Waals surface area contributed by atoms with Crippen LogP contribution in [0.25, 0.3) is 0 Å². The fourth-order valence-electron chi connectivity index (χ4n) is 2.53. The summed E-state index contributed by atoms with van der Waals surface area (Å²) in [6.45, 7) is 1.18. The Labute approximate surface area is 162 Å². The Kier molecular flexibility index (Phi) is 6.61. The van der Waals surface area contributed by atoms with Gasteiger partial charge < -0.3 is 19.5 Å². The Hall–Kier alpha value is -1.95. The first-order chi connectivity index (χ1) is 12.6. The number of benzene rings is 2. The van der Waals surface area contributed by atoms with Crippen LogP contribution in [0.1, 0.15) is 12.8 Å². The summed E-state index contributed by atoms with van der Waals surface area (Å²) in [5.74, 6) is 0.807. The number of rotatable bonds is 7. The number of halogens is 2. The number of carbonyl (C=O) groups excluding carboxylic acids is 1. The molecule has 1 aliphatic heterocycles. The van der Waals surface area contributed by atoms with Crippen molar-refractivity contribution in [1.29, 1.82) is 0 Å². The molecule has 0 saturated carbocycles. The lowest BCUT2D eigenvalue weighted by Gasteiger charge is -2.12. The average Bonchev–Trinajstić information content (AvgIpc) is 3.15. The van der Waals surface area contributed by atoms with Gasteiger partial charge in [0.25, 0.3) is 5.91 Å². The summed E-state index contributed by atoms with van der Waals surface area (Å²) in [6.07, 6.45) is 2.29. The van der Waals surface area contributed by atoms with Gasteiger partial charge in [-0.25, -0.2) is 0 Å². The molecule has 5 nitrogen and oxygen atoms in total. The highest BCUT2D eigenvalue weighted by atomic mass is 35.5. The van der Waals surface area contributed by atoms with Gasteiger partial charge in [0, 0.05) is 23.4 Å². The summed E-state index contributed by atoms with van der Waals surface area (Å²) >= 11 is 11.9. The molecular formula is C19H19Cl2NO4. The van der Waals surface area contributed by atoms with Gasteiger partial charge in [0.15, 0.2) is 6.61 Å². The Morgan fingerprint density at radius 3 is 2.69 bits per heavy atom. The van der Waals surface area contributed by atoms with Crippen LogP contribution in [0.2, 0.25) is 10.0 Å². The number of amides is 1. The predicted octanol–water partition coefficient (Wildman–Crippen LogP) is 4.57. The van der Waals surface area contributed by atoms with Gasteiger partial charge in [-0.05, 0) is 49.2 Å². The van der Waals surface area contributed by atoms with E-state index in [-0.39, 0.29) is 18.6 Å². The molecule has 0 aliphatic carbocycles. The smallest absolute Gasteiger partial charge is 0.262 e. The third-order valence-electron chi connectivity index (χ3n) is 3.85. The highest BCUT2D eigenvalue weighted by Crippen LogP contribution is 2.27. The fourth-order valence-corrected chi connectivity index (χ4v) is 2.86. The maximum absolute atomic E-state index is 12.0. The molecule has 1 N–H and O–H groups in total. The van der Waals surface area contributed by atoms with Crippen molar-refractivity contribution < 1.29 is 19.0 Å². The highest BCUT2D eigenvalue weighted by Gasteiger charge is 2.16. The molecule has 1 atom stereocenters. The first kappa shape index (κ1) is 18.8. The number of carbonyl (C=O) groups is 1. The lowest BCUT2D eigenvalue weighted by atomic mass is 10.2. The molecule has 138 valence electrons. The lowest BCUT2D eigenvalue weighted by Crippen LogP contribution is -2.20.